The van der Waals surface area contributed by atoms with Gasteiger partial charge < -0.3 is 0 Å². The monoisotopic (exact) mass is 251 g/mol. The summed E-state index contributed by atoms with van der Waals surface area (Å²) in [6.07, 6.45) is 5.00. The number of halogens is 1. The van der Waals surface area contributed by atoms with Gasteiger partial charge in [-0.1, -0.05) is 34.5 Å². The molecule has 0 N–H and O–H groups in total. The highest BCUT2D eigenvalue weighted by Gasteiger charge is 2.06. The van der Waals surface area contributed by atoms with Gasteiger partial charge in [0.15, 0.2) is 0 Å². The van der Waals surface area contributed by atoms with E-state index in [0.29, 0.717) is 0 Å². The van der Waals surface area contributed by atoms with Crippen molar-refractivity contribution in [3.8, 4) is 0 Å². The molecule has 1 aliphatic rings. The van der Waals surface area contributed by atoms with E-state index in [1.807, 2.05) is 0 Å². The molecule has 1 aliphatic heterocycles. The van der Waals surface area contributed by atoms with Crippen molar-refractivity contribution < 1.29 is 0 Å². The van der Waals surface area contributed by atoms with Gasteiger partial charge in [-0.25, -0.2) is 0 Å². The zero-order chi connectivity index (χ0) is 9.80. The lowest BCUT2D eigenvalue weighted by molar-refractivity contribution is 0.731. The Hall–Kier alpha value is -0.630. The van der Waals surface area contributed by atoms with Crippen molar-refractivity contribution in [2.75, 3.05) is 6.54 Å². The van der Waals surface area contributed by atoms with Crippen LogP contribution in [0.4, 0.5) is 0 Å². The normalized spacial score (nSPS) is 17.4. The molecular weight excluding hydrogens is 238 g/mol. The SMILES string of the molecule is Brc1ccc(C2=NCCCCC2)cc1. The first-order chi connectivity index (χ1) is 6.86. The van der Waals surface area contributed by atoms with E-state index in [0.717, 1.165) is 17.4 Å². The summed E-state index contributed by atoms with van der Waals surface area (Å²) in [5.41, 5.74) is 2.57. The van der Waals surface area contributed by atoms with Crippen LogP contribution in [0.5, 0.6) is 0 Å². The highest BCUT2D eigenvalue weighted by Crippen LogP contribution is 2.16. The van der Waals surface area contributed by atoms with Crippen LogP contribution in [0, 0.1) is 0 Å². The van der Waals surface area contributed by atoms with Crippen molar-refractivity contribution in [3.05, 3.63) is 34.3 Å². The molecule has 1 heterocycles. The molecule has 0 unspecified atom stereocenters. The zero-order valence-corrected chi connectivity index (χ0v) is 9.76. The third-order valence-corrected chi connectivity index (χ3v) is 3.08. The van der Waals surface area contributed by atoms with Crippen LogP contribution < -0.4 is 0 Å². The van der Waals surface area contributed by atoms with E-state index >= 15 is 0 Å². The molecule has 0 spiro atoms. The summed E-state index contributed by atoms with van der Waals surface area (Å²) in [5, 5.41) is 0. The fourth-order valence-corrected chi connectivity index (χ4v) is 2.02. The lowest BCUT2D eigenvalue weighted by Crippen LogP contribution is -1.99. The number of hydrogen-bond acceptors (Lipinski definition) is 1. The van der Waals surface area contributed by atoms with Gasteiger partial charge in [-0.05, 0) is 37.0 Å². The van der Waals surface area contributed by atoms with E-state index in [-0.39, 0.29) is 0 Å². The molecule has 0 atom stereocenters. The van der Waals surface area contributed by atoms with Crippen LogP contribution in [0.25, 0.3) is 0 Å². The quantitative estimate of drug-likeness (QED) is 0.720. The summed E-state index contributed by atoms with van der Waals surface area (Å²) >= 11 is 3.45. The third kappa shape index (κ3) is 2.44. The molecule has 0 saturated carbocycles. The van der Waals surface area contributed by atoms with Gasteiger partial charge in [-0.2, -0.15) is 0 Å². The predicted molar refractivity (Wildman–Crippen MR) is 64.0 cm³/mol. The van der Waals surface area contributed by atoms with Gasteiger partial charge >= 0.3 is 0 Å². The maximum absolute atomic E-state index is 4.62. The Labute approximate surface area is 93.4 Å². The Kier molecular flexibility index (Phi) is 3.35. The van der Waals surface area contributed by atoms with Crippen molar-refractivity contribution in [3.63, 3.8) is 0 Å². The average Bonchev–Trinajstić information content (AvgIpc) is 2.47. The first kappa shape index (κ1) is 9.91. The predicted octanol–water partition coefficient (Wildman–Crippen LogP) is 3.81. The first-order valence-corrected chi connectivity index (χ1v) is 5.95. The maximum Gasteiger partial charge on any atom is 0.0420 e. The van der Waals surface area contributed by atoms with Gasteiger partial charge in [0.05, 0.1) is 0 Å². The number of nitrogens with zero attached hydrogens (tertiary/aromatic N) is 1. The Balaban J connectivity index is 2.20. The van der Waals surface area contributed by atoms with Crippen LogP contribution >= 0.6 is 15.9 Å². The smallest absolute Gasteiger partial charge is 0.0420 e. The summed E-state index contributed by atoms with van der Waals surface area (Å²) in [6.45, 7) is 1.01. The van der Waals surface area contributed by atoms with Crippen molar-refractivity contribution in [1.82, 2.24) is 0 Å². The van der Waals surface area contributed by atoms with E-state index in [9.17, 15) is 0 Å². The van der Waals surface area contributed by atoms with E-state index < -0.39 is 0 Å². The highest BCUT2D eigenvalue weighted by molar-refractivity contribution is 9.10. The van der Waals surface area contributed by atoms with Crippen LogP contribution in [-0.4, -0.2) is 12.3 Å². The van der Waals surface area contributed by atoms with E-state index in [4.69, 9.17) is 0 Å². The molecule has 0 amide bonds. The van der Waals surface area contributed by atoms with Gasteiger partial charge in [0.2, 0.25) is 0 Å². The minimum Gasteiger partial charge on any atom is -0.289 e. The molecular formula is C12H14BrN. The molecule has 0 aromatic heterocycles. The molecule has 0 saturated heterocycles. The molecule has 1 nitrogen and oxygen atoms in total. The maximum atomic E-state index is 4.62. The van der Waals surface area contributed by atoms with Crippen LogP contribution in [0.2, 0.25) is 0 Å². The molecule has 74 valence electrons. The standard InChI is InChI=1S/C12H14BrN/c13-11-7-5-10(6-8-11)12-4-2-1-3-9-14-12/h5-8H,1-4,9H2. The topological polar surface area (TPSA) is 12.4 Å². The second kappa shape index (κ2) is 4.74. The first-order valence-electron chi connectivity index (χ1n) is 5.15. The van der Waals surface area contributed by atoms with Crippen molar-refractivity contribution in [2.24, 2.45) is 4.99 Å². The second-order valence-electron chi connectivity index (χ2n) is 3.65. The van der Waals surface area contributed by atoms with E-state index in [2.05, 4.69) is 45.2 Å². The second-order valence-corrected chi connectivity index (χ2v) is 4.56. The molecule has 14 heavy (non-hydrogen) atoms. The summed E-state index contributed by atoms with van der Waals surface area (Å²) in [5.74, 6) is 0. The molecule has 0 fully saturated rings. The van der Waals surface area contributed by atoms with Crippen molar-refractivity contribution in [1.29, 1.82) is 0 Å². The Bertz CT molecular complexity index is 327. The van der Waals surface area contributed by atoms with Gasteiger partial charge in [0, 0.05) is 16.7 Å². The Morgan fingerprint density at radius 1 is 1.00 bits per heavy atom. The summed E-state index contributed by atoms with van der Waals surface area (Å²) in [6, 6.07) is 8.47. The number of rotatable bonds is 1. The summed E-state index contributed by atoms with van der Waals surface area (Å²) < 4.78 is 1.13. The third-order valence-electron chi connectivity index (χ3n) is 2.55. The molecule has 2 rings (SSSR count). The fraction of sp³-hybridized carbons (Fsp3) is 0.417. The lowest BCUT2D eigenvalue weighted by Gasteiger charge is -2.03. The molecule has 1 aromatic rings. The zero-order valence-electron chi connectivity index (χ0n) is 8.17. The average molecular weight is 252 g/mol. The minimum absolute atomic E-state index is 1.01. The van der Waals surface area contributed by atoms with Crippen LogP contribution in [-0.2, 0) is 0 Å². The van der Waals surface area contributed by atoms with Gasteiger partial charge in [-0.15, -0.1) is 0 Å². The van der Waals surface area contributed by atoms with Crippen LogP contribution in [0.15, 0.2) is 33.7 Å². The number of hydrogen-bond donors (Lipinski definition) is 0. The number of aliphatic imine (C=N–C) groups is 1. The molecule has 0 aliphatic carbocycles. The van der Waals surface area contributed by atoms with Gasteiger partial charge in [0.1, 0.15) is 0 Å². The van der Waals surface area contributed by atoms with Gasteiger partial charge in [0.25, 0.3) is 0 Å². The van der Waals surface area contributed by atoms with Crippen LogP contribution in [0.1, 0.15) is 31.2 Å². The number of benzene rings is 1. The van der Waals surface area contributed by atoms with Crippen molar-refractivity contribution >= 4 is 21.6 Å². The lowest BCUT2D eigenvalue weighted by atomic mass is 10.1. The van der Waals surface area contributed by atoms with Crippen molar-refractivity contribution in [2.45, 2.75) is 25.7 Å². The van der Waals surface area contributed by atoms with E-state index in [1.165, 1.54) is 30.5 Å². The highest BCUT2D eigenvalue weighted by atomic mass is 79.9. The van der Waals surface area contributed by atoms with Crippen LogP contribution in [0.3, 0.4) is 0 Å². The molecule has 0 bridgehead atoms. The fourth-order valence-electron chi connectivity index (χ4n) is 1.75. The summed E-state index contributed by atoms with van der Waals surface area (Å²) in [4.78, 5) is 4.62. The van der Waals surface area contributed by atoms with E-state index in [1.54, 1.807) is 0 Å². The molecule has 1 aromatic carbocycles. The molecule has 0 radical (unpaired) electrons. The largest absolute Gasteiger partial charge is 0.289 e. The Morgan fingerprint density at radius 2 is 1.79 bits per heavy atom. The minimum atomic E-state index is 1.01. The van der Waals surface area contributed by atoms with Gasteiger partial charge in [-0.3, -0.25) is 4.99 Å². The Morgan fingerprint density at radius 3 is 2.57 bits per heavy atom. The molecule has 2 heteroatoms. The summed E-state index contributed by atoms with van der Waals surface area (Å²) in [7, 11) is 0.